The van der Waals surface area contributed by atoms with Crippen LogP contribution >= 0.6 is 11.6 Å². The summed E-state index contributed by atoms with van der Waals surface area (Å²) in [5, 5.41) is 1.75. The summed E-state index contributed by atoms with van der Waals surface area (Å²) in [6.45, 7) is 5.68. The Labute approximate surface area is 175 Å². The Balaban J connectivity index is 1.33. The summed E-state index contributed by atoms with van der Waals surface area (Å²) in [7, 11) is 0. The molecule has 5 nitrogen and oxygen atoms in total. The van der Waals surface area contributed by atoms with Crippen molar-refractivity contribution < 1.29 is 9.53 Å². The van der Waals surface area contributed by atoms with E-state index in [-0.39, 0.29) is 5.91 Å². The second kappa shape index (κ2) is 8.80. The Morgan fingerprint density at radius 3 is 2.66 bits per heavy atom. The number of nitrogens with zero attached hydrogens (tertiary/aromatic N) is 3. The van der Waals surface area contributed by atoms with E-state index in [1.807, 2.05) is 29.3 Å². The molecule has 2 aromatic carbocycles. The normalized spacial score (nSPS) is 16.0. The second-order valence-corrected chi connectivity index (χ2v) is 7.75. The lowest BCUT2D eigenvalue weighted by molar-refractivity contribution is -0.139. The summed E-state index contributed by atoms with van der Waals surface area (Å²) >= 11 is 5.99. The van der Waals surface area contributed by atoms with Gasteiger partial charge in [-0.05, 0) is 36.8 Å². The number of carbonyl (C=O) groups is 1. The molecule has 2 heterocycles. The van der Waals surface area contributed by atoms with Crippen LogP contribution in [0.5, 0.6) is 5.75 Å². The summed E-state index contributed by atoms with van der Waals surface area (Å²) < 4.78 is 5.78. The van der Waals surface area contributed by atoms with Crippen LogP contribution in [-0.4, -0.2) is 53.0 Å². The van der Waals surface area contributed by atoms with Gasteiger partial charge in [0.05, 0.1) is 5.52 Å². The first-order chi connectivity index (χ1) is 14.1. The molecule has 0 spiro atoms. The van der Waals surface area contributed by atoms with Crippen molar-refractivity contribution in [2.45, 2.75) is 19.6 Å². The number of hydrogen-bond acceptors (Lipinski definition) is 4. The zero-order chi connectivity index (χ0) is 20.2. The van der Waals surface area contributed by atoms with Crippen LogP contribution < -0.4 is 4.74 Å². The van der Waals surface area contributed by atoms with Crippen LogP contribution in [0.2, 0.25) is 5.02 Å². The van der Waals surface area contributed by atoms with Crippen LogP contribution in [0.15, 0.2) is 60.8 Å². The molecule has 150 valence electrons. The topological polar surface area (TPSA) is 45.7 Å². The summed E-state index contributed by atoms with van der Waals surface area (Å²) in [5.74, 6) is 0.622. The largest absolute Gasteiger partial charge is 0.481 e. The van der Waals surface area contributed by atoms with Crippen molar-refractivity contribution in [1.29, 1.82) is 0 Å². The second-order valence-electron chi connectivity index (χ2n) is 7.31. The van der Waals surface area contributed by atoms with E-state index >= 15 is 0 Å². The SMILES string of the molecule is CC(Oc1cccc(Cl)c1)C(=O)N1CCN(Cc2cccc3cccnc23)CC1. The lowest BCUT2D eigenvalue weighted by Crippen LogP contribution is -2.51. The number of pyridine rings is 1. The fourth-order valence-corrected chi connectivity index (χ4v) is 3.89. The van der Waals surface area contributed by atoms with Crippen molar-refractivity contribution in [1.82, 2.24) is 14.8 Å². The minimum absolute atomic E-state index is 0.0106. The molecule has 0 saturated carbocycles. The smallest absolute Gasteiger partial charge is 0.263 e. The monoisotopic (exact) mass is 409 g/mol. The van der Waals surface area contributed by atoms with E-state index in [4.69, 9.17) is 16.3 Å². The molecule has 1 fully saturated rings. The maximum Gasteiger partial charge on any atom is 0.263 e. The van der Waals surface area contributed by atoms with Gasteiger partial charge in [0.25, 0.3) is 5.91 Å². The first-order valence-electron chi connectivity index (χ1n) is 9.86. The number of carbonyl (C=O) groups excluding carboxylic acids is 1. The van der Waals surface area contributed by atoms with Crippen LogP contribution in [0.1, 0.15) is 12.5 Å². The molecule has 1 aliphatic rings. The number of benzene rings is 2. The summed E-state index contributed by atoms with van der Waals surface area (Å²) in [6, 6.07) is 17.5. The average molecular weight is 410 g/mol. The van der Waals surface area contributed by atoms with Crippen LogP contribution in [0, 0.1) is 0 Å². The zero-order valence-corrected chi connectivity index (χ0v) is 17.2. The van der Waals surface area contributed by atoms with Gasteiger partial charge in [0.2, 0.25) is 0 Å². The molecular formula is C23H24ClN3O2. The number of fused-ring (bicyclic) bond motifs is 1. The van der Waals surface area contributed by atoms with Crippen molar-refractivity contribution in [3.63, 3.8) is 0 Å². The van der Waals surface area contributed by atoms with Gasteiger partial charge in [-0.2, -0.15) is 0 Å². The number of rotatable bonds is 5. The summed E-state index contributed by atoms with van der Waals surface area (Å²) in [4.78, 5) is 21.6. The Morgan fingerprint density at radius 2 is 1.86 bits per heavy atom. The first kappa shape index (κ1) is 19.7. The fourth-order valence-electron chi connectivity index (χ4n) is 3.71. The Kier molecular flexibility index (Phi) is 5.97. The lowest BCUT2D eigenvalue weighted by Gasteiger charge is -2.36. The van der Waals surface area contributed by atoms with Gasteiger partial charge in [-0.15, -0.1) is 0 Å². The maximum atomic E-state index is 12.8. The van der Waals surface area contributed by atoms with Gasteiger partial charge < -0.3 is 9.64 Å². The number of para-hydroxylation sites is 1. The third-order valence-corrected chi connectivity index (χ3v) is 5.49. The molecule has 1 aliphatic heterocycles. The first-order valence-corrected chi connectivity index (χ1v) is 10.2. The van der Waals surface area contributed by atoms with E-state index in [9.17, 15) is 4.79 Å². The molecule has 29 heavy (non-hydrogen) atoms. The average Bonchev–Trinajstić information content (AvgIpc) is 2.74. The highest BCUT2D eigenvalue weighted by Gasteiger charge is 2.26. The highest BCUT2D eigenvalue weighted by atomic mass is 35.5. The van der Waals surface area contributed by atoms with Crippen LogP contribution in [-0.2, 0) is 11.3 Å². The molecule has 0 radical (unpaired) electrons. The number of ether oxygens (including phenoxy) is 1. The van der Waals surface area contributed by atoms with Gasteiger partial charge in [0.1, 0.15) is 5.75 Å². The Morgan fingerprint density at radius 1 is 1.10 bits per heavy atom. The summed E-state index contributed by atoms with van der Waals surface area (Å²) in [5.41, 5.74) is 2.28. The molecule has 0 bridgehead atoms. The molecule has 0 N–H and O–H groups in total. The molecule has 1 amide bonds. The number of aromatic nitrogens is 1. The zero-order valence-electron chi connectivity index (χ0n) is 16.4. The molecule has 4 rings (SSSR count). The van der Waals surface area contributed by atoms with Gasteiger partial charge in [0, 0.05) is 49.3 Å². The molecule has 1 atom stereocenters. The number of halogens is 1. The summed E-state index contributed by atoms with van der Waals surface area (Å²) in [6.07, 6.45) is 1.30. The van der Waals surface area contributed by atoms with Crippen LogP contribution in [0.4, 0.5) is 0 Å². The molecule has 1 unspecified atom stereocenters. The van der Waals surface area contributed by atoms with Gasteiger partial charge in [0.15, 0.2) is 6.10 Å². The predicted molar refractivity (Wildman–Crippen MR) is 115 cm³/mol. The fraction of sp³-hybridized carbons (Fsp3) is 0.304. The Bertz CT molecular complexity index is 997. The Hall–Kier alpha value is -2.63. The number of piperazine rings is 1. The van der Waals surface area contributed by atoms with Gasteiger partial charge >= 0.3 is 0 Å². The molecule has 6 heteroatoms. The standard InChI is InChI=1S/C23H24ClN3O2/c1-17(29-21-9-3-8-20(24)15-21)23(28)27-13-11-26(12-14-27)16-19-6-2-5-18-7-4-10-25-22(18)19/h2-10,15,17H,11-14,16H2,1H3. The van der Waals surface area contributed by atoms with Crippen molar-refractivity contribution in [3.05, 3.63) is 71.4 Å². The third-order valence-electron chi connectivity index (χ3n) is 5.25. The highest BCUT2D eigenvalue weighted by molar-refractivity contribution is 6.30. The molecule has 1 aromatic heterocycles. The van der Waals surface area contributed by atoms with Gasteiger partial charge in [-0.3, -0.25) is 14.7 Å². The molecule has 0 aliphatic carbocycles. The van der Waals surface area contributed by atoms with Gasteiger partial charge in [-0.25, -0.2) is 0 Å². The van der Waals surface area contributed by atoms with E-state index in [0.717, 1.165) is 30.5 Å². The number of amides is 1. The van der Waals surface area contributed by atoms with Crippen molar-refractivity contribution in [3.8, 4) is 5.75 Å². The minimum atomic E-state index is -0.540. The predicted octanol–water partition coefficient (Wildman–Crippen LogP) is 4.00. The van der Waals surface area contributed by atoms with E-state index in [1.54, 1.807) is 19.1 Å². The molecular weight excluding hydrogens is 386 g/mol. The van der Waals surface area contributed by atoms with E-state index in [2.05, 4.69) is 34.1 Å². The van der Waals surface area contributed by atoms with E-state index < -0.39 is 6.10 Å². The minimum Gasteiger partial charge on any atom is -0.481 e. The van der Waals surface area contributed by atoms with Crippen molar-refractivity contribution in [2.24, 2.45) is 0 Å². The lowest BCUT2D eigenvalue weighted by atomic mass is 10.1. The van der Waals surface area contributed by atoms with E-state index in [1.165, 1.54) is 5.56 Å². The number of hydrogen-bond donors (Lipinski definition) is 0. The maximum absolute atomic E-state index is 12.8. The molecule has 3 aromatic rings. The van der Waals surface area contributed by atoms with Gasteiger partial charge in [-0.1, -0.05) is 41.9 Å². The highest BCUT2D eigenvalue weighted by Crippen LogP contribution is 2.20. The van der Waals surface area contributed by atoms with E-state index in [0.29, 0.717) is 23.9 Å². The van der Waals surface area contributed by atoms with Crippen molar-refractivity contribution in [2.75, 3.05) is 26.2 Å². The third kappa shape index (κ3) is 4.69. The van der Waals surface area contributed by atoms with Crippen LogP contribution in [0.3, 0.4) is 0 Å². The van der Waals surface area contributed by atoms with Crippen molar-refractivity contribution >= 4 is 28.4 Å². The molecule has 1 saturated heterocycles. The quantitative estimate of drug-likeness (QED) is 0.639. The van der Waals surface area contributed by atoms with Crippen LogP contribution in [0.25, 0.3) is 10.9 Å².